The SMILES string of the molecule is CC(C)c1cc(-c2cccc(F)c2)c(Cl)nn1. The molecule has 4 heteroatoms. The van der Waals surface area contributed by atoms with Gasteiger partial charge >= 0.3 is 0 Å². The first kappa shape index (κ1) is 12.0. The molecule has 1 aromatic heterocycles. The average Bonchev–Trinajstić information content (AvgIpc) is 2.29. The summed E-state index contributed by atoms with van der Waals surface area (Å²) in [6.07, 6.45) is 0. The van der Waals surface area contributed by atoms with Crippen molar-refractivity contribution in [3.05, 3.63) is 47.0 Å². The van der Waals surface area contributed by atoms with E-state index in [1.165, 1.54) is 12.1 Å². The molecule has 17 heavy (non-hydrogen) atoms. The van der Waals surface area contributed by atoms with Gasteiger partial charge in [0.25, 0.3) is 0 Å². The highest BCUT2D eigenvalue weighted by atomic mass is 35.5. The molecule has 0 unspecified atom stereocenters. The van der Waals surface area contributed by atoms with Crippen molar-refractivity contribution >= 4 is 11.6 Å². The van der Waals surface area contributed by atoms with Crippen LogP contribution in [0.1, 0.15) is 25.5 Å². The summed E-state index contributed by atoms with van der Waals surface area (Å²) in [6, 6.07) is 8.14. The van der Waals surface area contributed by atoms with E-state index < -0.39 is 0 Å². The standard InChI is InChI=1S/C13H12ClFN2/c1-8(2)12-7-11(13(14)17-16-12)9-4-3-5-10(15)6-9/h3-8H,1-2H3. The second-order valence-electron chi connectivity index (χ2n) is 4.14. The van der Waals surface area contributed by atoms with Crippen LogP contribution >= 0.6 is 11.6 Å². The van der Waals surface area contributed by atoms with E-state index in [0.29, 0.717) is 16.3 Å². The molecule has 2 aromatic rings. The second-order valence-corrected chi connectivity index (χ2v) is 4.50. The lowest BCUT2D eigenvalue weighted by molar-refractivity contribution is 0.628. The Morgan fingerprint density at radius 2 is 1.94 bits per heavy atom. The summed E-state index contributed by atoms with van der Waals surface area (Å²) >= 11 is 5.99. The third-order valence-electron chi connectivity index (χ3n) is 2.49. The zero-order valence-electron chi connectivity index (χ0n) is 9.61. The van der Waals surface area contributed by atoms with Gasteiger partial charge in [0.2, 0.25) is 0 Å². The lowest BCUT2D eigenvalue weighted by atomic mass is 10.0. The Morgan fingerprint density at radius 3 is 2.59 bits per heavy atom. The van der Waals surface area contributed by atoms with E-state index in [2.05, 4.69) is 10.2 Å². The molecule has 0 amide bonds. The molecule has 0 bridgehead atoms. The van der Waals surface area contributed by atoms with Gasteiger partial charge in [0.1, 0.15) is 5.82 Å². The van der Waals surface area contributed by atoms with Gasteiger partial charge in [-0.05, 0) is 29.7 Å². The molecule has 2 nitrogen and oxygen atoms in total. The summed E-state index contributed by atoms with van der Waals surface area (Å²) < 4.78 is 13.2. The molecule has 0 spiro atoms. The summed E-state index contributed by atoms with van der Waals surface area (Å²) in [5, 5.41) is 8.20. The zero-order chi connectivity index (χ0) is 12.4. The number of rotatable bonds is 2. The minimum Gasteiger partial charge on any atom is -0.207 e. The van der Waals surface area contributed by atoms with Gasteiger partial charge in [-0.25, -0.2) is 4.39 Å². The van der Waals surface area contributed by atoms with Gasteiger partial charge in [0.05, 0.1) is 5.69 Å². The van der Waals surface area contributed by atoms with Crippen LogP contribution in [0.25, 0.3) is 11.1 Å². The van der Waals surface area contributed by atoms with Crippen LogP contribution < -0.4 is 0 Å². The quantitative estimate of drug-likeness (QED) is 0.803. The Morgan fingerprint density at radius 1 is 1.18 bits per heavy atom. The number of hydrogen-bond donors (Lipinski definition) is 0. The molecule has 88 valence electrons. The second kappa shape index (κ2) is 4.80. The number of halogens is 2. The first-order valence-corrected chi connectivity index (χ1v) is 5.75. The highest BCUT2D eigenvalue weighted by Gasteiger charge is 2.10. The average molecular weight is 251 g/mol. The number of hydrogen-bond acceptors (Lipinski definition) is 2. The molecule has 0 radical (unpaired) electrons. The fraction of sp³-hybridized carbons (Fsp3) is 0.231. The molecule has 0 aliphatic heterocycles. The molecule has 0 saturated carbocycles. The summed E-state index contributed by atoms with van der Waals surface area (Å²) in [5.41, 5.74) is 2.27. The van der Waals surface area contributed by atoms with Crippen molar-refractivity contribution in [2.24, 2.45) is 0 Å². The molecule has 0 fully saturated rings. The van der Waals surface area contributed by atoms with Crippen LogP contribution in [-0.2, 0) is 0 Å². The smallest absolute Gasteiger partial charge is 0.159 e. The Balaban J connectivity index is 2.54. The third kappa shape index (κ3) is 2.61. The fourth-order valence-corrected chi connectivity index (χ4v) is 1.73. The van der Waals surface area contributed by atoms with E-state index in [9.17, 15) is 4.39 Å². The molecule has 0 atom stereocenters. The van der Waals surface area contributed by atoms with Crippen LogP contribution in [0.5, 0.6) is 0 Å². The van der Waals surface area contributed by atoms with Crippen LogP contribution in [0.2, 0.25) is 5.15 Å². The van der Waals surface area contributed by atoms with Crippen LogP contribution in [0, 0.1) is 5.82 Å². The van der Waals surface area contributed by atoms with Crippen molar-refractivity contribution in [1.82, 2.24) is 10.2 Å². The monoisotopic (exact) mass is 250 g/mol. The van der Waals surface area contributed by atoms with E-state index >= 15 is 0 Å². The van der Waals surface area contributed by atoms with E-state index in [1.54, 1.807) is 12.1 Å². The maximum Gasteiger partial charge on any atom is 0.159 e. The van der Waals surface area contributed by atoms with Crippen LogP contribution in [0.15, 0.2) is 30.3 Å². The van der Waals surface area contributed by atoms with E-state index in [0.717, 1.165) is 5.69 Å². The van der Waals surface area contributed by atoms with Gasteiger partial charge in [0, 0.05) is 5.56 Å². The van der Waals surface area contributed by atoms with Crippen molar-refractivity contribution in [1.29, 1.82) is 0 Å². The first-order chi connectivity index (χ1) is 8.08. The van der Waals surface area contributed by atoms with Crippen molar-refractivity contribution in [3.63, 3.8) is 0 Å². The van der Waals surface area contributed by atoms with Gasteiger partial charge in [-0.15, -0.1) is 5.10 Å². The summed E-state index contributed by atoms with van der Waals surface area (Å²) in [6.45, 7) is 4.04. The third-order valence-corrected chi connectivity index (χ3v) is 2.77. The van der Waals surface area contributed by atoms with Crippen LogP contribution in [-0.4, -0.2) is 10.2 Å². The minimum absolute atomic E-state index is 0.257. The Hall–Kier alpha value is -1.48. The molecule has 2 rings (SSSR count). The molecule has 0 saturated heterocycles. The Kier molecular flexibility index (Phi) is 3.38. The minimum atomic E-state index is -0.290. The number of aromatic nitrogens is 2. The van der Waals surface area contributed by atoms with Crippen LogP contribution in [0.4, 0.5) is 4.39 Å². The molecular formula is C13H12ClFN2. The molecule has 1 aromatic carbocycles. The zero-order valence-corrected chi connectivity index (χ0v) is 10.4. The van der Waals surface area contributed by atoms with E-state index in [1.807, 2.05) is 19.9 Å². The highest BCUT2D eigenvalue weighted by molar-refractivity contribution is 6.32. The Labute approximate surface area is 104 Å². The maximum absolute atomic E-state index is 13.2. The largest absolute Gasteiger partial charge is 0.207 e. The van der Waals surface area contributed by atoms with Gasteiger partial charge in [-0.2, -0.15) is 5.10 Å². The molecular weight excluding hydrogens is 239 g/mol. The van der Waals surface area contributed by atoms with E-state index in [-0.39, 0.29) is 11.7 Å². The summed E-state index contributed by atoms with van der Waals surface area (Å²) in [4.78, 5) is 0. The van der Waals surface area contributed by atoms with Crippen LogP contribution in [0.3, 0.4) is 0 Å². The van der Waals surface area contributed by atoms with Crippen molar-refractivity contribution in [2.75, 3.05) is 0 Å². The summed E-state index contributed by atoms with van der Waals surface area (Å²) in [5.74, 6) is -0.0337. The fourth-order valence-electron chi connectivity index (χ4n) is 1.53. The molecule has 0 N–H and O–H groups in total. The van der Waals surface area contributed by atoms with Gasteiger partial charge in [-0.3, -0.25) is 0 Å². The van der Waals surface area contributed by atoms with E-state index in [4.69, 9.17) is 11.6 Å². The molecule has 0 aliphatic rings. The highest BCUT2D eigenvalue weighted by Crippen LogP contribution is 2.28. The van der Waals surface area contributed by atoms with Gasteiger partial charge < -0.3 is 0 Å². The summed E-state index contributed by atoms with van der Waals surface area (Å²) in [7, 11) is 0. The molecule has 1 heterocycles. The molecule has 0 aliphatic carbocycles. The van der Waals surface area contributed by atoms with Gasteiger partial charge in [0.15, 0.2) is 5.15 Å². The van der Waals surface area contributed by atoms with Crippen molar-refractivity contribution in [2.45, 2.75) is 19.8 Å². The Bertz CT molecular complexity index is 541. The lowest BCUT2D eigenvalue weighted by Gasteiger charge is -2.08. The number of benzene rings is 1. The maximum atomic E-state index is 13.2. The first-order valence-electron chi connectivity index (χ1n) is 5.37. The normalized spacial score (nSPS) is 10.9. The lowest BCUT2D eigenvalue weighted by Crippen LogP contribution is -1.97. The van der Waals surface area contributed by atoms with Crippen molar-refractivity contribution < 1.29 is 4.39 Å². The topological polar surface area (TPSA) is 25.8 Å². The number of nitrogens with zero attached hydrogens (tertiary/aromatic N) is 2. The predicted molar refractivity (Wildman–Crippen MR) is 66.5 cm³/mol. The van der Waals surface area contributed by atoms with Gasteiger partial charge in [-0.1, -0.05) is 37.6 Å². The van der Waals surface area contributed by atoms with Crippen molar-refractivity contribution in [3.8, 4) is 11.1 Å². The predicted octanol–water partition coefficient (Wildman–Crippen LogP) is 4.06.